The second-order valence-corrected chi connectivity index (χ2v) is 9.75. The van der Waals surface area contributed by atoms with Gasteiger partial charge in [0.2, 0.25) is 0 Å². The molecule has 0 spiro atoms. The Morgan fingerprint density at radius 3 is 2.23 bits per heavy atom. The van der Waals surface area contributed by atoms with Crippen LogP contribution in [-0.4, -0.2) is 43.2 Å². The Morgan fingerprint density at radius 1 is 1.12 bits per heavy atom. The van der Waals surface area contributed by atoms with Gasteiger partial charge in [-0.1, -0.05) is 30.3 Å². The fourth-order valence-electron chi connectivity index (χ4n) is 3.84. The zero-order valence-electron chi connectivity index (χ0n) is 15.6. The molecule has 0 aliphatic carbocycles. The third kappa shape index (κ3) is 4.76. The molecule has 2 aliphatic heterocycles. The van der Waals surface area contributed by atoms with E-state index < -0.39 is 15.7 Å². The molecule has 1 aromatic rings. The van der Waals surface area contributed by atoms with Gasteiger partial charge in [0.15, 0.2) is 0 Å². The summed E-state index contributed by atoms with van der Waals surface area (Å²) in [7, 11) is -3.65. The minimum Gasteiger partial charge on any atom is -0.444 e. The number of carbonyl (C=O) groups excluding carboxylic acids is 1. The lowest BCUT2D eigenvalue weighted by Crippen LogP contribution is -2.50. The second-order valence-electron chi connectivity index (χ2n) is 8.15. The predicted molar refractivity (Wildman–Crippen MR) is 98.1 cm³/mol. The summed E-state index contributed by atoms with van der Waals surface area (Å²) in [5.74, 6) is -0.130. The van der Waals surface area contributed by atoms with E-state index in [9.17, 15) is 13.2 Å². The van der Waals surface area contributed by atoms with Crippen molar-refractivity contribution in [3.63, 3.8) is 0 Å². The molecule has 1 aromatic carbocycles. The van der Waals surface area contributed by atoms with Gasteiger partial charge in [-0.2, -0.15) is 8.42 Å². The molecule has 0 N–H and O–H groups in total. The quantitative estimate of drug-likeness (QED) is 0.747. The molecule has 26 heavy (non-hydrogen) atoms. The highest BCUT2D eigenvalue weighted by Crippen LogP contribution is 2.38. The third-order valence-corrected chi connectivity index (χ3v) is 6.02. The van der Waals surface area contributed by atoms with E-state index in [0.29, 0.717) is 18.4 Å². The maximum atomic E-state index is 12.5. The van der Waals surface area contributed by atoms with Gasteiger partial charge in [0.1, 0.15) is 11.4 Å². The van der Waals surface area contributed by atoms with E-state index in [1.807, 2.05) is 39.0 Å². The first-order chi connectivity index (χ1) is 12.1. The topological polar surface area (TPSA) is 72.9 Å². The second kappa shape index (κ2) is 7.19. The average molecular weight is 381 g/mol. The SMILES string of the molecule is CC(C)(C)OC(=O)N1C2CCC1CC(OS(=O)(=O)Cc1ccccc1)C2. The molecular weight excluding hydrogens is 354 g/mol. The number of fused-ring (bicyclic) bond motifs is 2. The van der Waals surface area contributed by atoms with E-state index in [0.717, 1.165) is 12.8 Å². The van der Waals surface area contributed by atoms with Crippen LogP contribution in [0.15, 0.2) is 30.3 Å². The maximum absolute atomic E-state index is 12.5. The molecule has 2 fully saturated rings. The van der Waals surface area contributed by atoms with Gasteiger partial charge >= 0.3 is 6.09 Å². The number of rotatable bonds is 4. The van der Waals surface area contributed by atoms with Gasteiger partial charge < -0.3 is 9.64 Å². The number of nitrogens with zero attached hydrogens (tertiary/aromatic N) is 1. The van der Waals surface area contributed by atoms with E-state index in [1.165, 1.54) is 0 Å². The molecule has 1 amide bonds. The van der Waals surface area contributed by atoms with Crippen LogP contribution in [0, 0.1) is 0 Å². The number of benzene rings is 1. The highest BCUT2D eigenvalue weighted by molar-refractivity contribution is 7.85. The molecule has 2 aliphatic rings. The maximum Gasteiger partial charge on any atom is 0.410 e. The molecule has 0 radical (unpaired) electrons. The summed E-state index contributed by atoms with van der Waals surface area (Å²) in [4.78, 5) is 14.2. The van der Waals surface area contributed by atoms with E-state index in [2.05, 4.69) is 0 Å². The first kappa shape index (κ1) is 19.2. The molecule has 0 saturated carbocycles. The molecule has 2 saturated heterocycles. The minimum absolute atomic E-state index is 0.0134. The van der Waals surface area contributed by atoms with Crippen LogP contribution in [0.1, 0.15) is 52.0 Å². The van der Waals surface area contributed by atoms with Crippen LogP contribution in [0.3, 0.4) is 0 Å². The fraction of sp³-hybridized carbons (Fsp3) is 0.632. The molecule has 7 heteroatoms. The highest BCUT2D eigenvalue weighted by Gasteiger charge is 2.46. The molecule has 3 rings (SSSR count). The van der Waals surface area contributed by atoms with E-state index in [4.69, 9.17) is 8.92 Å². The normalized spacial score (nSPS) is 26.0. The molecule has 2 atom stereocenters. The van der Waals surface area contributed by atoms with Crippen molar-refractivity contribution >= 4 is 16.2 Å². The Bertz CT molecular complexity index is 727. The summed E-state index contributed by atoms with van der Waals surface area (Å²) < 4.78 is 35.7. The average Bonchev–Trinajstić information content (AvgIpc) is 2.77. The van der Waals surface area contributed by atoms with Gasteiger partial charge in [-0.15, -0.1) is 0 Å². The third-order valence-electron chi connectivity index (χ3n) is 4.76. The zero-order valence-corrected chi connectivity index (χ0v) is 16.4. The van der Waals surface area contributed by atoms with Gasteiger partial charge in [0.25, 0.3) is 10.1 Å². The Morgan fingerprint density at radius 2 is 1.69 bits per heavy atom. The van der Waals surface area contributed by atoms with Crippen molar-refractivity contribution in [3.8, 4) is 0 Å². The zero-order chi connectivity index (χ0) is 18.9. The lowest BCUT2D eigenvalue weighted by atomic mass is 10.0. The van der Waals surface area contributed by atoms with Gasteiger partial charge in [-0.25, -0.2) is 4.79 Å². The minimum atomic E-state index is -3.65. The summed E-state index contributed by atoms with van der Waals surface area (Å²) in [6.07, 6.45) is 2.11. The Kier molecular flexibility index (Phi) is 5.30. The van der Waals surface area contributed by atoms with Crippen LogP contribution in [0.5, 0.6) is 0 Å². The van der Waals surface area contributed by atoms with E-state index in [-0.39, 0.29) is 30.0 Å². The highest BCUT2D eigenvalue weighted by atomic mass is 32.2. The van der Waals surface area contributed by atoms with Crippen molar-refractivity contribution < 1.29 is 22.1 Å². The van der Waals surface area contributed by atoms with Gasteiger partial charge in [-0.05, 0) is 52.0 Å². The molecule has 2 heterocycles. The van der Waals surface area contributed by atoms with Crippen molar-refractivity contribution in [2.75, 3.05) is 0 Å². The summed E-state index contributed by atoms with van der Waals surface area (Å²) >= 11 is 0. The lowest BCUT2D eigenvalue weighted by Gasteiger charge is -2.39. The van der Waals surface area contributed by atoms with Crippen molar-refractivity contribution in [1.29, 1.82) is 0 Å². The number of amides is 1. The molecule has 144 valence electrons. The lowest BCUT2D eigenvalue weighted by molar-refractivity contribution is -0.00612. The van der Waals surface area contributed by atoms with Crippen LogP contribution in [-0.2, 0) is 24.8 Å². The van der Waals surface area contributed by atoms with Crippen molar-refractivity contribution in [3.05, 3.63) is 35.9 Å². The first-order valence-corrected chi connectivity index (χ1v) is 10.7. The predicted octanol–water partition coefficient (Wildman–Crippen LogP) is 3.46. The van der Waals surface area contributed by atoms with Crippen LogP contribution in [0.2, 0.25) is 0 Å². The van der Waals surface area contributed by atoms with Crippen molar-refractivity contribution in [1.82, 2.24) is 4.90 Å². The molecule has 2 bridgehead atoms. The number of piperidine rings is 1. The first-order valence-electron chi connectivity index (χ1n) is 9.09. The van der Waals surface area contributed by atoms with Gasteiger partial charge in [0, 0.05) is 12.1 Å². The Hall–Kier alpha value is -1.60. The Balaban J connectivity index is 1.61. The summed E-state index contributed by atoms with van der Waals surface area (Å²) in [6, 6.07) is 8.99. The Labute approximate surface area is 155 Å². The standard InChI is InChI=1S/C19H27NO5S/c1-19(2,3)24-18(21)20-15-9-10-16(20)12-17(11-15)25-26(22,23)13-14-7-5-4-6-8-14/h4-8,15-17H,9-13H2,1-3H3. The molecule has 0 aromatic heterocycles. The van der Waals surface area contributed by atoms with Crippen LogP contribution >= 0.6 is 0 Å². The molecule has 6 nitrogen and oxygen atoms in total. The summed E-state index contributed by atoms with van der Waals surface area (Å²) in [6.45, 7) is 5.54. The monoisotopic (exact) mass is 381 g/mol. The summed E-state index contributed by atoms with van der Waals surface area (Å²) in [5, 5.41) is 0. The summed E-state index contributed by atoms with van der Waals surface area (Å²) in [5.41, 5.74) is 0.171. The molecule has 2 unspecified atom stereocenters. The largest absolute Gasteiger partial charge is 0.444 e. The number of hydrogen-bond donors (Lipinski definition) is 0. The van der Waals surface area contributed by atoms with Gasteiger partial charge in [0.05, 0.1) is 6.10 Å². The van der Waals surface area contributed by atoms with E-state index in [1.54, 1.807) is 17.0 Å². The van der Waals surface area contributed by atoms with Gasteiger partial charge in [-0.3, -0.25) is 4.18 Å². The van der Waals surface area contributed by atoms with Crippen molar-refractivity contribution in [2.45, 2.75) is 76.0 Å². The van der Waals surface area contributed by atoms with E-state index >= 15 is 0 Å². The van der Waals surface area contributed by atoms with Crippen LogP contribution in [0.4, 0.5) is 4.79 Å². The smallest absolute Gasteiger partial charge is 0.410 e. The number of hydrogen-bond acceptors (Lipinski definition) is 5. The van der Waals surface area contributed by atoms with Crippen LogP contribution in [0.25, 0.3) is 0 Å². The van der Waals surface area contributed by atoms with Crippen LogP contribution < -0.4 is 0 Å². The number of carbonyl (C=O) groups is 1. The number of ether oxygens (including phenoxy) is 1. The fourth-order valence-corrected chi connectivity index (χ4v) is 5.08. The molecular formula is C19H27NO5S. The van der Waals surface area contributed by atoms with Crippen molar-refractivity contribution in [2.24, 2.45) is 0 Å².